The molecule has 1 heterocycles. The lowest BCUT2D eigenvalue weighted by Gasteiger charge is -2.38. The van der Waals surface area contributed by atoms with Gasteiger partial charge in [-0.05, 0) is 57.0 Å². The van der Waals surface area contributed by atoms with Gasteiger partial charge in [-0.2, -0.15) is 0 Å². The first-order chi connectivity index (χ1) is 8.31. The van der Waals surface area contributed by atoms with E-state index in [-0.39, 0.29) is 0 Å². The van der Waals surface area contributed by atoms with Crippen LogP contribution in [0.25, 0.3) is 0 Å². The Hall–Kier alpha value is -0.0800. The van der Waals surface area contributed by atoms with E-state index in [2.05, 4.69) is 24.1 Å². The van der Waals surface area contributed by atoms with Crippen molar-refractivity contribution in [3.05, 3.63) is 0 Å². The molecule has 2 atom stereocenters. The molecule has 0 radical (unpaired) electrons. The van der Waals surface area contributed by atoms with Crippen molar-refractivity contribution in [3.8, 4) is 0 Å². The monoisotopic (exact) mass is 238 g/mol. The van der Waals surface area contributed by atoms with Gasteiger partial charge in [-0.3, -0.25) is 0 Å². The molecule has 1 saturated heterocycles. The van der Waals surface area contributed by atoms with Crippen LogP contribution in [0, 0.1) is 11.8 Å². The Labute approximate surface area is 107 Å². The molecule has 0 amide bonds. The summed E-state index contributed by atoms with van der Waals surface area (Å²) in [7, 11) is 0. The average molecular weight is 238 g/mol. The van der Waals surface area contributed by atoms with Gasteiger partial charge in [0.25, 0.3) is 0 Å². The van der Waals surface area contributed by atoms with Crippen molar-refractivity contribution in [1.29, 1.82) is 0 Å². The summed E-state index contributed by atoms with van der Waals surface area (Å²) < 4.78 is 0. The minimum Gasteiger partial charge on any atom is -0.312 e. The van der Waals surface area contributed by atoms with E-state index in [0.29, 0.717) is 0 Å². The van der Waals surface area contributed by atoms with Gasteiger partial charge in [0.1, 0.15) is 0 Å². The fourth-order valence-corrected chi connectivity index (χ4v) is 3.22. The molecule has 0 spiro atoms. The van der Waals surface area contributed by atoms with Crippen molar-refractivity contribution in [1.82, 2.24) is 10.2 Å². The molecule has 1 aliphatic heterocycles. The number of hydrogen-bond donors (Lipinski definition) is 1. The smallest absolute Gasteiger partial charge is 0.0198 e. The summed E-state index contributed by atoms with van der Waals surface area (Å²) in [6.07, 6.45) is 8.42. The number of nitrogens with zero attached hydrogens (tertiary/aromatic N) is 1. The summed E-state index contributed by atoms with van der Waals surface area (Å²) >= 11 is 0. The second-order valence-electron chi connectivity index (χ2n) is 6.20. The molecule has 17 heavy (non-hydrogen) atoms. The van der Waals surface area contributed by atoms with Crippen LogP contribution in [-0.4, -0.2) is 37.1 Å². The Morgan fingerprint density at radius 2 is 1.88 bits per heavy atom. The number of rotatable bonds is 7. The van der Waals surface area contributed by atoms with E-state index in [0.717, 1.165) is 17.9 Å². The highest BCUT2D eigenvalue weighted by atomic mass is 15.2. The van der Waals surface area contributed by atoms with Crippen LogP contribution in [0.3, 0.4) is 0 Å². The van der Waals surface area contributed by atoms with Crippen LogP contribution in [-0.2, 0) is 0 Å². The SMILES string of the molecule is CCCC1CC(NCC2CC2)CN(CCC)C1. The van der Waals surface area contributed by atoms with E-state index in [4.69, 9.17) is 0 Å². The van der Waals surface area contributed by atoms with Crippen molar-refractivity contribution in [2.24, 2.45) is 11.8 Å². The molecule has 2 heteroatoms. The highest BCUT2D eigenvalue weighted by Crippen LogP contribution is 2.28. The van der Waals surface area contributed by atoms with Crippen molar-refractivity contribution in [2.75, 3.05) is 26.2 Å². The lowest BCUT2D eigenvalue weighted by Crippen LogP contribution is -2.49. The molecule has 1 aliphatic carbocycles. The number of nitrogens with one attached hydrogen (secondary N) is 1. The van der Waals surface area contributed by atoms with Crippen molar-refractivity contribution >= 4 is 0 Å². The van der Waals surface area contributed by atoms with Gasteiger partial charge < -0.3 is 10.2 Å². The summed E-state index contributed by atoms with van der Waals surface area (Å²) in [6.45, 7) is 9.84. The molecule has 0 aromatic rings. The highest BCUT2D eigenvalue weighted by molar-refractivity contribution is 4.85. The van der Waals surface area contributed by atoms with Crippen LogP contribution < -0.4 is 5.32 Å². The van der Waals surface area contributed by atoms with Crippen LogP contribution in [0.4, 0.5) is 0 Å². The molecular weight excluding hydrogens is 208 g/mol. The lowest BCUT2D eigenvalue weighted by molar-refractivity contribution is 0.135. The summed E-state index contributed by atoms with van der Waals surface area (Å²) in [6, 6.07) is 0.771. The number of hydrogen-bond acceptors (Lipinski definition) is 2. The Morgan fingerprint density at radius 3 is 2.53 bits per heavy atom. The normalized spacial score (nSPS) is 30.7. The quantitative estimate of drug-likeness (QED) is 0.733. The van der Waals surface area contributed by atoms with Crippen molar-refractivity contribution in [3.63, 3.8) is 0 Å². The molecule has 0 aromatic heterocycles. The maximum absolute atomic E-state index is 3.82. The van der Waals surface area contributed by atoms with Crippen LogP contribution in [0.15, 0.2) is 0 Å². The van der Waals surface area contributed by atoms with Gasteiger partial charge in [-0.25, -0.2) is 0 Å². The predicted molar refractivity (Wildman–Crippen MR) is 74.3 cm³/mol. The Morgan fingerprint density at radius 1 is 1.06 bits per heavy atom. The molecule has 0 aromatic carbocycles. The third kappa shape index (κ3) is 4.59. The van der Waals surface area contributed by atoms with Gasteiger partial charge >= 0.3 is 0 Å². The molecule has 100 valence electrons. The van der Waals surface area contributed by atoms with Crippen LogP contribution >= 0.6 is 0 Å². The van der Waals surface area contributed by atoms with Gasteiger partial charge in [0, 0.05) is 19.1 Å². The summed E-state index contributed by atoms with van der Waals surface area (Å²) in [4.78, 5) is 2.69. The van der Waals surface area contributed by atoms with Gasteiger partial charge in [0.2, 0.25) is 0 Å². The maximum atomic E-state index is 3.82. The van der Waals surface area contributed by atoms with E-state index in [1.807, 2.05) is 0 Å². The van der Waals surface area contributed by atoms with E-state index >= 15 is 0 Å². The molecule has 2 unspecified atom stereocenters. The van der Waals surface area contributed by atoms with E-state index in [9.17, 15) is 0 Å². The van der Waals surface area contributed by atoms with Crippen molar-refractivity contribution < 1.29 is 0 Å². The zero-order valence-corrected chi connectivity index (χ0v) is 11.8. The fourth-order valence-electron chi connectivity index (χ4n) is 3.22. The molecule has 2 rings (SSSR count). The zero-order valence-electron chi connectivity index (χ0n) is 11.8. The maximum Gasteiger partial charge on any atom is 0.0198 e. The largest absolute Gasteiger partial charge is 0.312 e. The Kier molecular flexibility index (Phi) is 5.30. The predicted octanol–water partition coefficient (Wildman–Crippen LogP) is 2.89. The van der Waals surface area contributed by atoms with Crippen LogP contribution in [0.2, 0.25) is 0 Å². The van der Waals surface area contributed by atoms with E-state index < -0.39 is 0 Å². The summed E-state index contributed by atoms with van der Waals surface area (Å²) in [5, 5.41) is 3.82. The van der Waals surface area contributed by atoms with Gasteiger partial charge in [0.05, 0.1) is 0 Å². The first kappa shape index (κ1) is 13.4. The van der Waals surface area contributed by atoms with Gasteiger partial charge in [-0.1, -0.05) is 20.3 Å². The van der Waals surface area contributed by atoms with E-state index in [1.54, 1.807) is 0 Å². The van der Waals surface area contributed by atoms with Gasteiger partial charge in [-0.15, -0.1) is 0 Å². The molecule has 1 saturated carbocycles. The molecule has 0 bridgehead atoms. The molecule has 2 nitrogen and oxygen atoms in total. The number of likely N-dealkylation sites (tertiary alicyclic amines) is 1. The van der Waals surface area contributed by atoms with Crippen LogP contribution in [0.1, 0.15) is 52.4 Å². The highest BCUT2D eigenvalue weighted by Gasteiger charge is 2.28. The second-order valence-corrected chi connectivity index (χ2v) is 6.20. The first-order valence-corrected chi connectivity index (χ1v) is 7.77. The Balaban J connectivity index is 1.76. The average Bonchev–Trinajstić information content (AvgIpc) is 3.11. The Bertz CT molecular complexity index is 199. The molecular formula is C15H30N2. The topological polar surface area (TPSA) is 15.3 Å². The van der Waals surface area contributed by atoms with Crippen molar-refractivity contribution in [2.45, 2.75) is 58.4 Å². The van der Waals surface area contributed by atoms with Crippen LogP contribution in [0.5, 0.6) is 0 Å². The zero-order chi connectivity index (χ0) is 12.1. The molecule has 1 N–H and O–H groups in total. The third-order valence-electron chi connectivity index (χ3n) is 4.24. The first-order valence-electron chi connectivity index (χ1n) is 7.77. The third-order valence-corrected chi connectivity index (χ3v) is 4.24. The fraction of sp³-hybridized carbons (Fsp3) is 1.00. The standard InChI is InChI=1S/C15H30N2/c1-3-5-14-9-15(16-10-13-6-7-13)12-17(11-14)8-4-2/h13-16H,3-12H2,1-2H3. The molecule has 2 aliphatic rings. The lowest BCUT2D eigenvalue weighted by atomic mass is 9.90. The number of piperidine rings is 1. The second kappa shape index (κ2) is 6.75. The summed E-state index contributed by atoms with van der Waals surface area (Å²) in [5.74, 6) is 1.96. The van der Waals surface area contributed by atoms with Gasteiger partial charge in [0.15, 0.2) is 0 Å². The molecule has 2 fully saturated rings. The minimum atomic E-state index is 0.771. The van der Waals surface area contributed by atoms with E-state index in [1.165, 1.54) is 64.7 Å². The minimum absolute atomic E-state index is 0.771. The summed E-state index contributed by atoms with van der Waals surface area (Å²) in [5.41, 5.74) is 0.